The Labute approximate surface area is 173 Å². The van der Waals surface area contributed by atoms with Crippen LogP contribution in [0.25, 0.3) is 0 Å². The first-order valence-electron chi connectivity index (χ1n) is 9.61. The Morgan fingerprint density at radius 2 is 1.86 bits per heavy atom. The van der Waals surface area contributed by atoms with E-state index < -0.39 is 6.16 Å². The van der Waals surface area contributed by atoms with Crippen molar-refractivity contribution in [3.63, 3.8) is 0 Å². The molecule has 1 saturated heterocycles. The highest BCUT2D eigenvalue weighted by Crippen LogP contribution is 2.17. The topological polar surface area (TPSA) is 84.9 Å². The van der Waals surface area contributed by atoms with Crippen LogP contribution in [0.3, 0.4) is 0 Å². The van der Waals surface area contributed by atoms with Gasteiger partial charge in [0.25, 0.3) is 5.91 Å². The van der Waals surface area contributed by atoms with E-state index in [0.717, 1.165) is 17.7 Å². The van der Waals surface area contributed by atoms with E-state index in [0.29, 0.717) is 30.8 Å². The van der Waals surface area contributed by atoms with E-state index in [1.165, 1.54) is 0 Å². The van der Waals surface area contributed by atoms with Gasteiger partial charge < -0.3 is 19.7 Å². The molecule has 3 rings (SSSR count). The second-order valence-electron chi connectivity index (χ2n) is 6.69. The molecule has 0 radical (unpaired) electrons. The van der Waals surface area contributed by atoms with Gasteiger partial charge in [-0.25, -0.2) is 4.79 Å². The van der Waals surface area contributed by atoms with Crippen molar-refractivity contribution >= 4 is 29.3 Å². The Balaban J connectivity index is 1.44. The summed E-state index contributed by atoms with van der Waals surface area (Å²) in [4.78, 5) is 39.1. The van der Waals surface area contributed by atoms with Crippen molar-refractivity contribution in [2.45, 2.75) is 32.2 Å². The number of likely N-dealkylation sites (tertiary alicyclic amines) is 1. The first-order chi connectivity index (χ1) is 14.0. The average Bonchev–Trinajstić information content (AvgIpc) is 3.22. The second kappa shape index (κ2) is 10.1. The lowest BCUT2D eigenvalue weighted by atomic mass is 10.0. The third kappa shape index (κ3) is 6.05. The first-order valence-corrected chi connectivity index (χ1v) is 10.5. The summed E-state index contributed by atoms with van der Waals surface area (Å²) in [7, 11) is 0. The van der Waals surface area contributed by atoms with Gasteiger partial charge in [0.2, 0.25) is 5.91 Å². The summed E-state index contributed by atoms with van der Waals surface area (Å²) < 4.78 is 9.69. The first kappa shape index (κ1) is 20.9. The summed E-state index contributed by atoms with van der Waals surface area (Å²) >= 11 is 1.59. The van der Waals surface area contributed by atoms with Crippen molar-refractivity contribution < 1.29 is 23.9 Å². The van der Waals surface area contributed by atoms with E-state index in [2.05, 4.69) is 5.32 Å². The fraction of sp³-hybridized carbons (Fsp3) is 0.381. The van der Waals surface area contributed by atoms with E-state index in [9.17, 15) is 14.4 Å². The quantitative estimate of drug-likeness (QED) is 0.577. The number of carbonyl (C=O) groups is 3. The summed E-state index contributed by atoms with van der Waals surface area (Å²) in [5.74, 6) is 0.267. The molecule has 29 heavy (non-hydrogen) atoms. The predicted octanol–water partition coefficient (Wildman–Crippen LogP) is 3.25. The Morgan fingerprint density at radius 1 is 1.14 bits per heavy atom. The van der Waals surface area contributed by atoms with Crippen LogP contribution >= 0.6 is 11.3 Å². The number of nitrogens with zero attached hydrogens (tertiary/aromatic N) is 1. The second-order valence-corrected chi connectivity index (χ2v) is 7.73. The van der Waals surface area contributed by atoms with Gasteiger partial charge in [-0.2, -0.15) is 0 Å². The molecule has 1 fully saturated rings. The van der Waals surface area contributed by atoms with Gasteiger partial charge >= 0.3 is 6.16 Å². The highest BCUT2D eigenvalue weighted by atomic mass is 32.1. The molecule has 154 valence electrons. The molecule has 1 aromatic heterocycles. The molecule has 1 aromatic carbocycles. The summed E-state index contributed by atoms with van der Waals surface area (Å²) in [6, 6.07) is 10.3. The van der Waals surface area contributed by atoms with E-state index in [-0.39, 0.29) is 24.5 Å². The molecule has 2 heterocycles. The van der Waals surface area contributed by atoms with Gasteiger partial charge in [-0.3, -0.25) is 9.59 Å². The smallest absolute Gasteiger partial charge is 0.434 e. The largest absolute Gasteiger partial charge is 0.513 e. The van der Waals surface area contributed by atoms with Gasteiger partial charge in [-0.15, -0.1) is 11.3 Å². The Kier molecular flexibility index (Phi) is 7.24. The Hall–Kier alpha value is -2.87. The molecule has 1 aliphatic heterocycles. The van der Waals surface area contributed by atoms with Gasteiger partial charge in [0.15, 0.2) is 0 Å². The van der Waals surface area contributed by atoms with Crippen molar-refractivity contribution in [2.24, 2.45) is 0 Å². The van der Waals surface area contributed by atoms with E-state index in [1.54, 1.807) is 42.5 Å². The van der Waals surface area contributed by atoms with Crippen LogP contribution in [-0.2, 0) is 16.0 Å². The standard InChI is InChI=1S/C21H24N2O5S/c1-2-27-21(26)28-17-7-5-15(6-8-17)20(25)22-16-9-11-23(12-10-16)19(24)14-18-4-3-13-29-18/h3-8,13,16H,2,9-12,14H2,1H3,(H,22,25). The number of hydrogen-bond donors (Lipinski definition) is 1. The molecular formula is C21H24N2O5S. The minimum absolute atomic E-state index is 0.0312. The van der Waals surface area contributed by atoms with Crippen molar-refractivity contribution in [2.75, 3.05) is 19.7 Å². The van der Waals surface area contributed by atoms with Crippen molar-refractivity contribution in [1.82, 2.24) is 10.2 Å². The zero-order chi connectivity index (χ0) is 20.6. The number of amides is 2. The monoisotopic (exact) mass is 416 g/mol. The highest BCUT2D eigenvalue weighted by molar-refractivity contribution is 7.10. The number of nitrogens with one attached hydrogen (secondary N) is 1. The molecule has 0 saturated carbocycles. The number of benzene rings is 1. The van der Waals surface area contributed by atoms with Crippen LogP contribution in [0, 0.1) is 0 Å². The summed E-state index contributed by atoms with van der Waals surface area (Å²) in [6.45, 7) is 3.21. The van der Waals surface area contributed by atoms with Crippen LogP contribution in [-0.4, -0.2) is 48.6 Å². The number of rotatable bonds is 6. The number of hydrogen-bond acceptors (Lipinski definition) is 6. The molecular weight excluding hydrogens is 392 g/mol. The number of ether oxygens (including phenoxy) is 2. The summed E-state index contributed by atoms with van der Waals surface area (Å²) in [6.07, 6.45) is 1.12. The van der Waals surface area contributed by atoms with E-state index in [4.69, 9.17) is 9.47 Å². The van der Waals surface area contributed by atoms with Gasteiger partial charge in [-0.05, 0) is 55.5 Å². The Morgan fingerprint density at radius 3 is 2.48 bits per heavy atom. The van der Waals surface area contributed by atoms with Crippen LogP contribution in [0.1, 0.15) is 35.0 Å². The maximum atomic E-state index is 12.5. The predicted molar refractivity (Wildman–Crippen MR) is 109 cm³/mol. The minimum atomic E-state index is -0.773. The number of thiophene rings is 1. The molecule has 2 aromatic rings. The molecule has 0 atom stereocenters. The van der Waals surface area contributed by atoms with Crippen molar-refractivity contribution in [3.05, 3.63) is 52.2 Å². The fourth-order valence-corrected chi connectivity index (χ4v) is 3.83. The molecule has 1 aliphatic rings. The van der Waals surface area contributed by atoms with Crippen LogP contribution in [0.15, 0.2) is 41.8 Å². The molecule has 8 heteroatoms. The highest BCUT2D eigenvalue weighted by Gasteiger charge is 2.24. The van der Waals surface area contributed by atoms with Crippen LogP contribution in [0.2, 0.25) is 0 Å². The Bertz CT molecular complexity index is 827. The van der Waals surface area contributed by atoms with Gasteiger partial charge in [0, 0.05) is 29.6 Å². The molecule has 0 unspecified atom stereocenters. The van der Waals surface area contributed by atoms with Crippen LogP contribution in [0.4, 0.5) is 4.79 Å². The molecule has 2 amide bonds. The van der Waals surface area contributed by atoms with Gasteiger partial charge in [0.1, 0.15) is 5.75 Å². The van der Waals surface area contributed by atoms with Crippen molar-refractivity contribution in [3.8, 4) is 5.75 Å². The van der Waals surface area contributed by atoms with Crippen LogP contribution < -0.4 is 10.1 Å². The lowest BCUT2D eigenvalue weighted by Crippen LogP contribution is -2.46. The third-order valence-electron chi connectivity index (χ3n) is 4.67. The normalized spacial score (nSPS) is 14.3. The van der Waals surface area contributed by atoms with E-state index >= 15 is 0 Å². The van der Waals surface area contributed by atoms with Crippen molar-refractivity contribution in [1.29, 1.82) is 0 Å². The lowest BCUT2D eigenvalue weighted by molar-refractivity contribution is -0.131. The lowest BCUT2D eigenvalue weighted by Gasteiger charge is -2.32. The molecule has 0 bridgehead atoms. The van der Waals surface area contributed by atoms with Gasteiger partial charge in [-0.1, -0.05) is 6.07 Å². The van der Waals surface area contributed by atoms with E-state index in [1.807, 2.05) is 22.4 Å². The van der Waals surface area contributed by atoms with Crippen LogP contribution in [0.5, 0.6) is 5.75 Å². The molecule has 7 nitrogen and oxygen atoms in total. The SMILES string of the molecule is CCOC(=O)Oc1ccc(C(=O)NC2CCN(C(=O)Cc3cccs3)CC2)cc1. The maximum absolute atomic E-state index is 12.5. The summed E-state index contributed by atoms with van der Waals surface area (Å²) in [5, 5.41) is 4.99. The summed E-state index contributed by atoms with van der Waals surface area (Å²) in [5.41, 5.74) is 0.484. The maximum Gasteiger partial charge on any atom is 0.513 e. The molecule has 0 aliphatic carbocycles. The minimum Gasteiger partial charge on any atom is -0.434 e. The average molecular weight is 416 g/mol. The third-order valence-corrected chi connectivity index (χ3v) is 5.54. The molecule has 0 spiro atoms. The zero-order valence-corrected chi connectivity index (χ0v) is 17.1. The number of piperidine rings is 1. The van der Waals surface area contributed by atoms with Gasteiger partial charge in [0.05, 0.1) is 13.0 Å². The fourth-order valence-electron chi connectivity index (χ4n) is 3.13. The zero-order valence-electron chi connectivity index (χ0n) is 16.3. The number of carbonyl (C=O) groups excluding carboxylic acids is 3. The molecule has 1 N–H and O–H groups in total.